The Balaban J connectivity index is 3.31. The molecule has 4 heteroatoms. The summed E-state index contributed by atoms with van der Waals surface area (Å²) in [5.74, 6) is 4.32. The van der Waals surface area contributed by atoms with E-state index in [1.54, 1.807) is 0 Å². The minimum absolute atomic E-state index is 0.118. The highest BCUT2D eigenvalue weighted by molar-refractivity contribution is 6.75. The highest BCUT2D eigenvalue weighted by atomic mass is 28.4. The Labute approximate surface area is 151 Å². The maximum atomic E-state index is 6.54. The standard InChI is InChI=1S/C20H34O2Si2/c1-12-16-13-14-17(21-23(8,9)19(2,3)4)18(15-16)22-24(10,11)20(5,6)7/h1,13-15H,2-11H3. The van der Waals surface area contributed by atoms with Gasteiger partial charge in [-0.1, -0.05) is 47.5 Å². The third-order valence-electron chi connectivity index (χ3n) is 5.45. The lowest BCUT2D eigenvalue weighted by molar-refractivity contribution is 0.440. The predicted octanol–water partition coefficient (Wildman–Crippen LogP) is 6.44. The molecule has 24 heavy (non-hydrogen) atoms. The van der Waals surface area contributed by atoms with E-state index in [-0.39, 0.29) is 10.1 Å². The number of hydrogen-bond donors (Lipinski definition) is 0. The average Bonchev–Trinajstić information content (AvgIpc) is 2.37. The SMILES string of the molecule is C#Cc1ccc(O[Si](C)(C)C(C)(C)C)c(O[Si](C)(C)C(C)(C)C)c1. The van der Waals surface area contributed by atoms with E-state index >= 15 is 0 Å². The van der Waals surface area contributed by atoms with Crippen molar-refractivity contribution < 1.29 is 8.85 Å². The molecule has 0 amide bonds. The lowest BCUT2D eigenvalue weighted by Crippen LogP contribution is -2.45. The fourth-order valence-corrected chi connectivity index (χ4v) is 3.66. The molecule has 0 atom stereocenters. The van der Waals surface area contributed by atoms with E-state index in [9.17, 15) is 0 Å². The largest absolute Gasteiger partial charge is 0.541 e. The minimum atomic E-state index is -1.97. The van der Waals surface area contributed by atoms with Crippen LogP contribution in [0.3, 0.4) is 0 Å². The van der Waals surface area contributed by atoms with E-state index in [0.29, 0.717) is 0 Å². The maximum Gasteiger partial charge on any atom is 0.250 e. The van der Waals surface area contributed by atoms with Gasteiger partial charge in [0.05, 0.1) is 0 Å². The topological polar surface area (TPSA) is 18.5 Å². The van der Waals surface area contributed by atoms with Gasteiger partial charge in [-0.25, -0.2) is 0 Å². The summed E-state index contributed by atoms with van der Waals surface area (Å²) in [5, 5.41) is 0.249. The first kappa shape index (κ1) is 20.9. The molecule has 0 spiro atoms. The van der Waals surface area contributed by atoms with Crippen molar-refractivity contribution >= 4 is 16.6 Å². The summed E-state index contributed by atoms with van der Waals surface area (Å²) in [6.07, 6.45) is 5.59. The normalized spacial score (nSPS) is 13.4. The van der Waals surface area contributed by atoms with E-state index in [1.807, 2.05) is 18.2 Å². The molecule has 0 aliphatic heterocycles. The summed E-state index contributed by atoms with van der Waals surface area (Å²) in [6.45, 7) is 22.4. The Morgan fingerprint density at radius 3 is 1.58 bits per heavy atom. The molecule has 1 rings (SSSR count). The zero-order valence-electron chi connectivity index (χ0n) is 17.1. The van der Waals surface area contributed by atoms with E-state index < -0.39 is 16.6 Å². The molecule has 0 fully saturated rings. The van der Waals surface area contributed by atoms with Gasteiger partial charge in [0.2, 0.25) is 0 Å². The van der Waals surface area contributed by atoms with Gasteiger partial charge in [0.25, 0.3) is 16.6 Å². The minimum Gasteiger partial charge on any atom is -0.541 e. The van der Waals surface area contributed by atoms with Crippen LogP contribution in [0.5, 0.6) is 11.5 Å². The van der Waals surface area contributed by atoms with Crippen LogP contribution in [0.25, 0.3) is 0 Å². The molecule has 2 nitrogen and oxygen atoms in total. The molecular formula is C20H34O2Si2. The molecule has 0 saturated heterocycles. The van der Waals surface area contributed by atoms with Crippen molar-refractivity contribution in [2.45, 2.75) is 77.8 Å². The Hall–Kier alpha value is -1.19. The Morgan fingerprint density at radius 2 is 1.21 bits per heavy atom. The number of benzene rings is 1. The third kappa shape index (κ3) is 4.67. The molecule has 0 aromatic heterocycles. The molecule has 0 aliphatic rings. The summed E-state index contributed by atoms with van der Waals surface area (Å²) < 4.78 is 13.1. The highest BCUT2D eigenvalue weighted by Gasteiger charge is 2.42. The second-order valence-electron chi connectivity index (χ2n) is 9.53. The van der Waals surface area contributed by atoms with Crippen LogP contribution >= 0.6 is 0 Å². The van der Waals surface area contributed by atoms with E-state index in [2.05, 4.69) is 73.7 Å². The van der Waals surface area contributed by atoms with Crippen LogP contribution in [0.2, 0.25) is 36.3 Å². The molecule has 0 unspecified atom stereocenters. The second-order valence-corrected chi connectivity index (χ2v) is 19.0. The average molecular weight is 363 g/mol. The van der Waals surface area contributed by atoms with Gasteiger partial charge in [-0.05, 0) is 54.5 Å². The lowest BCUT2D eigenvalue weighted by Gasteiger charge is -2.39. The van der Waals surface area contributed by atoms with Crippen molar-refractivity contribution in [2.75, 3.05) is 0 Å². The molecule has 134 valence electrons. The van der Waals surface area contributed by atoms with Crippen molar-refractivity contribution in [1.29, 1.82) is 0 Å². The molecular weight excluding hydrogens is 328 g/mol. The highest BCUT2D eigenvalue weighted by Crippen LogP contribution is 2.43. The Kier molecular flexibility index (Phi) is 5.74. The van der Waals surface area contributed by atoms with Gasteiger partial charge in [0.1, 0.15) is 11.5 Å². The van der Waals surface area contributed by atoms with Crippen LogP contribution in [0, 0.1) is 12.3 Å². The quantitative estimate of drug-likeness (QED) is 0.453. The van der Waals surface area contributed by atoms with Crippen molar-refractivity contribution in [1.82, 2.24) is 0 Å². The van der Waals surface area contributed by atoms with E-state index in [0.717, 1.165) is 17.1 Å². The number of rotatable bonds is 4. The zero-order valence-corrected chi connectivity index (χ0v) is 19.1. The second kappa shape index (κ2) is 6.61. The van der Waals surface area contributed by atoms with Crippen LogP contribution < -0.4 is 8.85 Å². The molecule has 0 radical (unpaired) electrons. The monoisotopic (exact) mass is 362 g/mol. The Bertz CT molecular complexity index is 627. The third-order valence-corrected chi connectivity index (χ3v) is 14.1. The Morgan fingerprint density at radius 1 is 0.792 bits per heavy atom. The van der Waals surface area contributed by atoms with E-state index in [1.165, 1.54) is 0 Å². The van der Waals surface area contributed by atoms with Gasteiger partial charge in [-0.2, -0.15) is 0 Å². The fourth-order valence-electron chi connectivity index (χ4n) is 1.62. The van der Waals surface area contributed by atoms with Gasteiger partial charge in [-0.3, -0.25) is 0 Å². The molecule has 1 aromatic carbocycles. The number of hydrogen-bond acceptors (Lipinski definition) is 2. The van der Waals surface area contributed by atoms with Gasteiger partial charge in [0.15, 0.2) is 0 Å². The number of terminal acetylenes is 1. The zero-order chi connectivity index (χ0) is 19.0. The van der Waals surface area contributed by atoms with E-state index in [4.69, 9.17) is 15.3 Å². The van der Waals surface area contributed by atoms with Crippen molar-refractivity contribution in [3.05, 3.63) is 23.8 Å². The van der Waals surface area contributed by atoms with Crippen LogP contribution in [0.4, 0.5) is 0 Å². The molecule has 1 aromatic rings. The summed E-state index contributed by atoms with van der Waals surface area (Å²) in [4.78, 5) is 0. The fraction of sp³-hybridized carbons (Fsp3) is 0.600. The van der Waals surface area contributed by atoms with Crippen LogP contribution in [0.1, 0.15) is 47.1 Å². The van der Waals surface area contributed by atoms with Crippen molar-refractivity contribution in [2.24, 2.45) is 0 Å². The molecule has 0 bridgehead atoms. The van der Waals surface area contributed by atoms with Gasteiger partial charge >= 0.3 is 0 Å². The maximum absolute atomic E-state index is 6.54. The molecule has 0 saturated carbocycles. The summed E-state index contributed by atoms with van der Waals surface area (Å²) in [6, 6.07) is 5.85. The van der Waals surface area contributed by atoms with Crippen molar-refractivity contribution in [3.63, 3.8) is 0 Å². The van der Waals surface area contributed by atoms with Crippen LogP contribution in [-0.2, 0) is 0 Å². The van der Waals surface area contributed by atoms with Crippen LogP contribution in [-0.4, -0.2) is 16.6 Å². The predicted molar refractivity (Wildman–Crippen MR) is 110 cm³/mol. The van der Waals surface area contributed by atoms with Gasteiger partial charge < -0.3 is 8.85 Å². The molecule has 0 aliphatic carbocycles. The van der Waals surface area contributed by atoms with Crippen molar-refractivity contribution in [3.8, 4) is 23.8 Å². The molecule has 0 heterocycles. The molecule has 0 N–H and O–H groups in total. The van der Waals surface area contributed by atoms with Crippen LogP contribution in [0.15, 0.2) is 18.2 Å². The smallest absolute Gasteiger partial charge is 0.250 e. The summed E-state index contributed by atoms with van der Waals surface area (Å²) >= 11 is 0. The summed E-state index contributed by atoms with van der Waals surface area (Å²) in [7, 11) is -3.91. The lowest BCUT2D eigenvalue weighted by atomic mass is 10.2. The van der Waals surface area contributed by atoms with Gasteiger partial charge in [0, 0.05) is 5.56 Å². The first-order valence-corrected chi connectivity index (χ1v) is 14.4. The summed E-state index contributed by atoms with van der Waals surface area (Å²) in [5.41, 5.74) is 0.825. The van der Waals surface area contributed by atoms with Gasteiger partial charge in [-0.15, -0.1) is 6.42 Å². The first-order valence-electron chi connectivity index (χ1n) is 8.59. The first-order chi connectivity index (χ1) is 10.6.